The minimum absolute atomic E-state index is 0.0512. The molecule has 0 saturated heterocycles. The molecule has 0 saturated carbocycles. The first-order valence-corrected chi connectivity index (χ1v) is 10.1. The van der Waals surface area contributed by atoms with E-state index in [1.54, 1.807) is 12.1 Å². The Balaban J connectivity index is 2.03. The number of benzene rings is 3. The monoisotopic (exact) mass is 396 g/mol. The van der Waals surface area contributed by atoms with Gasteiger partial charge in [-0.3, -0.25) is 4.98 Å². The third kappa shape index (κ3) is 3.67. The first-order chi connectivity index (χ1) is 14.2. The maximum atomic E-state index is 11.7. The summed E-state index contributed by atoms with van der Waals surface area (Å²) >= 11 is 1.47. The van der Waals surface area contributed by atoms with Crippen LogP contribution in [0.25, 0.3) is 0 Å². The highest BCUT2D eigenvalue weighted by Crippen LogP contribution is 2.51. The number of carboxylic acids is 1. The van der Waals surface area contributed by atoms with Gasteiger partial charge in [-0.25, -0.2) is 0 Å². The number of pyridine rings is 1. The summed E-state index contributed by atoms with van der Waals surface area (Å²) in [5, 5.41) is 11.7. The molecule has 0 aliphatic heterocycles. The Morgan fingerprint density at radius 1 is 0.690 bits per heavy atom. The average molecular weight is 396 g/mol. The number of aromatic nitrogens is 1. The number of carbonyl (C=O) groups is 1. The van der Waals surface area contributed by atoms with Gasteiger partial charge in [-0.1, -0.05) is 91.0 Å². The highest BCUT2D eigenvalue weighted by atomic mass is 32.2. The molecule has 0 bridgehead atoms. The summed E-state index contributed by atoms with van der Waals surface area (Å²) in [4.78, 5) is 16.4. The lowest BCUT2D eigenvalue weighted by Gasteiger charge is -2.35. The second-order valence-corrected chi connectivity index (χ2v) is 7.78. The van der Waals surface area contributed by atoms with Crippen LogP contribution in [-0.4, -0.2) is 11.0 Å². The van der Waals surface area contributed by atoms with Gasteiger partial charge in [-0.2, -0.15) is 0 Å². The number of aromatic carboxylic acids is 1. The highest BCUT2D eigenvalue weighted by Gasteiger charge is 2.38. The largest absolute Gasteiger partial charge is 0.543 e. The second kappa shape index (κ2) is 8.33. The number of thioether (sulfide) groups is 1. The fourth-order valence-corrected chi connectivity index (χ4v) is 4.96. The standard InChI is InChI=1S/C25H19NO2S/c27-24(28)23-22(17-10-18-26-23)29-25(19-11-4-1-5-12-19,20-13-6-2-7-14-20)21-15-8-3-9-16-21/h1-18H,(H,27,28)/p-1. The van der Waals surface area contributed by atoms with Crippen molar-refractivity contribution in [3.05, 3.63) is 132 Å². The van der Waals surface area contributed by atoms with E-state index < -0.39 is 10.7 Å². The fourth-order valence-electron chi connectivity index (χ4n) is 3.49. The van der Waals surface area contributed by atoms with Crippen LogP contribution in [0.15, 0.2) is 114 Å². The van der Waals surface area contributed by atoms with E-state index in [4.69, 9.17) is 0 Å². The van der Waals surface area contributed by atoms with Gasteiger partial charge in [0.25, 0.3) is 0 Å². The van der Waals surface area contributed by atoms with Crippen LogP contribution >= 0.6 is 11.8 Å². The van der Waals surface area contributed by atoms with Gasteiger partial charge in [-0.15, -0.1) is 11.8 Å². The smallest absolute Gasteiger partial charge is 0.0992 e. The Bertz CT molecular complexity index is 1000. The Morgan fingerprint density at radius 2 is 1.14 bits per heavy atom. The summed E-state index contributed by atoms with van der Waals surface area (Å²) < 4.78 is -0.656. The topological polar surface area (TPSA) is 53.0 Å². The molecule has 0 spiro atoms. The van der Waals surface area contributed by atoms with Crippen molar-refractivity contribution in [2.45, 2.75) is 9.64 Å². The molecule has 0 unspecified atom stereocenters. The molecular formula is C25H18NO2S-. The summed E-state index contributed by atoms with van der Waals surface area (Å²) in [6, 6.07) is 33.9. The lowest BCUT2D eigenvalue weighted by atomic mass is 9.84. The lowest BCUT2D eigenvalue weighted by molar-refractivity contribution is -0.255. The van der Waals surface area contributed by atoms with E-state index in [1.165, 1.54) is 18.0 Å². The Kier molecular flexibility index (Phi) is 5.45. The van der Waals surface area contributed by atoms with E-state index in [-0.39, 0.29) is 5.69 Å². The fraction of sp³-hybridized carbons (Fsp3) is 0.0400. The first-order valence-electron chi connectivity index (χ1n) is 9.24. The van der Waals surface area contributed by atoms with Gasteiger partial charge in [0.1, 0.15) is 0 Å². The van der Waals surface area contributed by atoms with Gasteiger partial charge < -0.3 is 9.90 Å². The molecule has 0 aliphatic rings. The molecule has 29 heavy (non-hydrogen) atoms. The van der Waals surface area contributed by atoms with Gasteiger partial charge in [0.05, 0.1) is 16.4 Å². The molecule has 3 aromatic carbocycles. The van der Waals surface area contributed by atoms with E-state index in [0.717, 1.165) is 16.7 Å². The van der Waals surface area contributed by atoms with Crippen LogP contribution in [0.5, 0.6) is 0 Å². The SMILES string of the molecule is O=C([O-])c1ncccc1SC(c1ccccc1)(c1ccccc1)c1ccccc1. The van der Waals surface area contributed by atoms with Crippen molar-refractivity contribution in [1.82, 2.24) is 4.98 Å². The minimum Gasteiger partial charge on any atom is -0.543 e. The molecule has 4 aromatic rings. The molecule has 3 nitrogen and oxygen atoms in total. The van der Waals surface area contributed by atoms with Crippen LogP contribution in [0.3, 0.4) is 0 Å². The van der Waals surface area contributed by atoms with E-state index in [9.17, 15) is 9.90 Å². The Hall–Kier alpha value is -3.37. The van der Waals surface area contributed by atoms with E-state index in [0.29, 0.717) is 4.90 Å². The summed E-state index contributed by atoms with van der Waals surface area (Å²) in [6.07, 6.45) is 1.48. The molecule has 0 fully saturated rings. The highest BCUT2D eigenvalue weighted by molar-refractivity contribution is 8.00. The molecule has 4 rings (SSSR count). The van der Waals surface area contributed by atoms with Crippen molar-refractivity contribution in [2.75, 3.05) is 0 Å². The number of rotatable bonds is 6. The van der Waals surface area contributed by atoms with Crippen LogP contribution < -0.4 is 5.11 Å². The third-order valence-electron chi connectivity index (χ3n) is 4.77. The molecule has 0 aliphatic carbocycles. The predicted octanol–water partition coefficient (Wildman–Crippen LogP) is 4.53. The van der Waals surface area contributed by atoms with Gasteiger partial charge in [0, 0.05) is 11.1 Å². The van der Waals surface area contributed by atoms with Crippen LogP contribution in [0.1, 0.15) is 27.2 Å². The normalized spacial score (nSPS) is 11.2. The van der Waals surface area contributed by atoms with Crippen molar-refractivity contribution < 1.29 is 9.90 Å². The van der Waals surface area contributed by atoms with Gasteiger partial charge >= 0.3 is 0 Å². The van der Waals surface area contributed by atoms with Crippen LogP contribution in [-0.2, 0) is 4.75 Å². The number of hydrogen-bond acceptors (Lipinski definition) is 4. The van der Waals surface area contributed by atoms with Gasteiger partial charge in [0.2, 0.25) is 0 Å². The third-order valence-corrected chi connectivity index (χ3v) is 6.33. The molecule has 4 heteroatoms. The molecule has 1 heterocycles. The van der Waals surface area contributed by atoms with Crippen molar-refractivity contribution in [3.8, 4) is 0 Å². The number of nitrogens with zero attached hydrogens (tertiary/aromatic N) is 1. The quantitative estimate of drug-likeness (QED) is 0.355. The van der Waals surface area contributed by atoms with Crippen molar-refractivity contribution >= 4 is 17.7 Å². The van der Waals surface area contributed by atoms with Crippen molar-refractivity contribution in [3.63, 3.8) is 0 Å². The zero-order chi connectivity index (χ0) is 20.1. The molecule has 142 valence electrons. The summed E-state index contributed by atoms with van der Waals surface area (Å²) in [7, 11) is 0. The molecular weight excluding hydrogens is 378 g/mol. The van der Waals surface area contributed by atoms with E-state index >= 15 is 0 Å². The zero-order valence-corrected chi connectivity index (χ0v) is 16.4. The zero-order valence-electron chi connectivity index (χ0n) is 15.6. The Labute approximate surface area is 174 Å². The van der Waals surface area contributed by atoms with Crippen molar-refractivity contribution in [1.29, 1.82) is 0 Å². The number of carboxylic acid groups (broad SMARTS) is 1. The minimum atomic E-state index is -1.28. The lowest BCUT2D eigenvalue weighted by Crippen LogP contribution is -2.28. The van der Waals surface area contributed by atoms with Crippen LogP contribution in [0, 0.1) is 0 Å². The number of hydrogen-bond donors (Lipinski definition) is 0. The number of carbonyl (C=O) groups excluding carboxylic acids is 1. The molecule has 0 N–H and O–H groups in total. The summed E-state index contributed by atoms with van der Waals surface area (Å²) in [6.45, 7) is 0. The Morgan fingerprint density at radius 3 is 1.55 bits per heavy atom. The van der Waals surface area contributed by atoms with E-state index in [2.05, 4.69) is 41.4 Å². The van der Waals surface area contributed by atoms with Gasteiger partial charge in [-0.05, 0) is 28.8 Å². The van der Waals surface area contributed by atoms with Gasteiger partial charge in [0.15, 0.2) is 0 Å². The first kappa shape index (κ1) is 19.0. The molecule has 1 aromatic heterocycles. The maximum absolute atomic E-state index is 11.7. The molecule has 0 amide bonds. The predicted molar refractivity (Wildman–Crippen MR) is 114 cm³/mol. The average Bonchev–Trinajstić information content (AvgIpc) is 2.79. The molecule has 0 radical (unpaired) electrons. The van der Waals surface area contributed by atoms with Crippen LogP contribution in [0.2, 0.25) is 0 Å². The summed E-state index contributed by atoms with van der Waals surface area (Å²) in [5.74, 6) is -1.28. The van der Waals surface area contributed by atoms with Crippen LogP contribution in [0.4, 0.5) is 0 Å². The maximum Gasteiger partial charge on any atom is 0.0992 e. The molecule has 0 atom stereocenters. The van der Waals surface area contributed by atoms with E-state index in [1.807, 2.05) is 54.6 Å². The second-order valence-electron chi connectivity index (χ2n) is 6.52. The van der Waals surface area contributed by atoms with Crippen molar-refractivity contribution in [2.24, 2.45) is 0 Å². The summed E-state index contributed by atoms with van der Waals surface area (Å²) in [5.41, 5.74) is 3.10.